The smallest absolute Gasteiger partial charge is 0.244 e. The number of aromatic nitrogens is 2. The van der Waals surface area contributed by atoms with Crippen LogP contribution in [-0.4, -0.2) is 49.8 Å². The van der Waals surface area contributed by atoms with Gasteiger partial charge in [-0.3, -0.25) is 9.48 Å². The first-order chi connectivity index (χ1) is 9.47. The van der Waals surface area contributed by atoms with Gasteiger partial charge in [-0.1, -0.05) is 0 Å². The summed E-state index contributed by atoms with van der Waals surface area (Å²) in [6.45, 7) is 1.41. The van der Waals surface area contributed by atoms with E-state index in [1.807, 2.05) is 0 Å². The van der Waals surface area contributed by atoms with Crippen LogP contribution < -0.4 is 15.4 Å². The Hall–Kier alpha value is -1.16. The summed E-state index contributed by atoms with van der Waals surface area (Å²) in [4.78, 5) is 11.8. The van der Waals surface area contributed by atoms with Crippen molar-refractivity contribution in [1.29, 1.82) is 0 Å². The second-order valence-electron chi connectivity index (χ2n) is 4.79. The normalized spacial score (nSPS) is 18.8. The molecule has 0 aromatic carbocycles. The number of aryl methyl sites for hydroxylation is 1. The Morgan fingerprint density at radius 1 is 1.57 bits per heavy atom. The molecule has 21 heavy (non-hydrogen) atoms. The van der Waals surface area contributed by atoms with E-state index in [0.29, 0.717) is 0 Å². The van der Waals surface area contributed by atoms with Gasteiger partial charge in [0.15, 0.2) is 0 Å². The zero-order valence-corrected chi connectivity index (χ0v) is 13.3. The van der Waals surface area contributed by atoms with Gasteiger partial charge in [-0.2, -0.15) is 5.10 Å². The molecule has 1 aliphatic heterocycles. The van der Waals surface area contributed by atoms with Crippen LogP contribution in [0.4, 0.5) is 0 Å². The quantitative estimate of drug-likeness (QED) is 0.638. The molecule has 1 aromatic rings. The van der Waals surface area contributed by atoms with E-state index in [-0.39, 0.29) is 35.8 Å². The fraction of sp³-hybridized carbons (Fsp3) is 0.636. The maximum atomic E-state index is 11.9. The molecule has 2 rings (SSSR count). The van der Waals surface area contributed by atoms with Gasteiger partial charge < -0.3 is 10.6 Å². The van der Waals surface area contributed by atoms with Gasteiger partial charge in [0.2, 0.25) is 15.9 Å². The summed E-state index contributed by atoms with van der Waals surface area (Å²) in [7, 11) is -2.06. The number of hydrogen-bond donors (Lipinski definition) is 3. The summed E-state index contributed by atoms with van der Waals surface area (Å²) in [6, 6.07) is 0.0687. The molecule has 3 N–H and O–H groups in total. The third-order valence-corrected chi connectivity index (χ3v) is 4.43. The Morgan fingerprint density at radius 3 is 2.90 bits per heavy atom. The van der Waals surface area contributed by atoms with E-state index in [1.165, 1.54) is 17.1 Å². The molecular formula is C11H20ClN5O3S. The fourth-order valence-electron chi connectivity index (χ4n) is 2.04. The summed E-state index contributed by atoms with van der Waals surface area (Å²) in [5.41, 5.74) is 0. The predicted octanol–water partition coefficient (Wildman–Crippen LogP) is -1.01. The number of carbonyl (C=O) groups is 1. The van der Waals surface area contributed by atoms with Crippen LogP contribution in [0.5, 0.6) is 0 Å². The number of halogens is 1. The molecule has 0 unspecified atom stereocenters. The minimum atomic E-state index is -3.69. The lowest BCUT2D eigenvalue weighted by atomic mass is 10.1. The van der Waals surface area contributed by atoms with Gasteiger partial charge in [0.25, 0.3) is 0 Å². The van der Waals surface area contributed by atoms with Crippen molar-refractivity contribution >= 4 is 28.3 Å². The lowest BCUT2D eigenvalue weighted by molar-refractivity contribution is -0.120. The maximum absolute atomic E-state index is 11.9. The molecule has 1 amide bonds. The number of amides is 1. The van der Waals surface area contributed by atoms with Gasteiger partial charge in [0, 0.05) is 25.8 Å². The van der Waals surface area contributed by atoms with Crippen LogP contribution in [0.15, 0.2) is 17.3 Å². The lowest BCUT2D eigenvalue weighted by Crippen LogP contribution is -2.48. The number of rotatable bonds is 5. The van der Waals surface area contributed by atoms with Crippen molar-refractivity contribution in [1.82, 2.24) is 25.1 Å². The largest absolute Gasteiger partial charge is 0.351 e. The third kappa shape index (κ3) is 5.27. The zero-order chi connectivity index (χ0) is 14.6. The molecule has 0 bridgehead atoms. The summed E-state index contributed by atoms with van der Waals surface area (Å²) >= 11 is 0. The van der Waals surface area contributed by atoms with Crippen LogP contribution in [0.3, 0.4) is 0 Å². The van der Waals surface area contributed by atoms with Gasteiger partial charge in [0.1, 0.15) is 4.90 Å². The van der Waals surface area contributed by atoms with Crippen molar-refractivity contribution in [2.24, 2.45) is 7.05 Å². The standard InChI is InChI=1S/C11H19N5O3S.ClH/c1-16-8-10(6-13-16)20(18,19)14-7-11(17)15-9-3-2-4-12-5-9;/h6,8-9,12,14H,2-5,7H2,1H3,(H,15,17);1H/t9-;/m0./s1. The maximum Gasteiger partial charge on any atom is 0.244 e. The highest BCUT2D eigenvalue weighted by Crippen LogP contribution is 2.05. The second kappa shape index (κ2) is 7.74. The van der Waals surface area contributed by atoms with Gasteiger partial charge in [-0.15, -0.1) is 12.4 Å². The van der Waals surface area contributed by atoms with E-state index in [0.717, 1.165) is 25.9 Å². The average molecular weight is 338 g/mol. The first kappa shape index (κ1) is 17.9. The molecule has 0 saturated carbocycles. The fourth-order valence-corrected chi connectivity index (χ4v) is 3.00. The Bertz CT molecular complexity index is 568. The number of nitrogens with one attached hydrogen (secondary N) is 3. The molecule has 1 aromatic heterocycles. The van der Waals surface area contributed by atoms with Crippen molar-refractivity contribution in [3.63, 3.8) is 0 Å². The first-order valence-corrected chi connectivity index (χ1v) is 7.94. The van der Waals surface area contributed by atoms with E-state index >= 15 is 0 Å². The van der Waals surface area contributed by atoms with E-state index in [2.05, 4.69) is 20.5 Å². The summed E-state index contributed by atoms with van der Waals surface area (Å²) in [5, 5.41) is 9.77. The second-order valence-corrected chi connectivity index (χ2v) is 6.55. The van der Waals surface area contributed by atoms with Crippen LogP contribution >= 0.6 is 12.4 Å². The highest BCUT2D eigenvalue weighted by molar-refractivity contribution is 7.89. The van der Waals surface area contributed by atoms with Crippen LogP contribution in [0.2, 0.25) is 0 Å². The molecule has 8 nitrogen and oxygen atoms in total. The Labute approximate surface area is 130 Å². The molecule has 0 spiro atoms. The molecule has 0 aliphatic carbocycles. The van der Waals surface area contributed by atoms with Gasteiger partial charge in [-0.25, -0.2) is 13.1 Å². The number of piperidine rings is 1. The number of carbonyl (C=O) groups excluding carboxylic acids is 1. The first-order valence-electron chi connectivity index (χ1n) is 6.46. The minimum Gasteiger partial charge on any atom is -0.351 e. The van der Waals surface area contributed by atoms with E-state index in [4.69, 9.17) is 0 Å². The third-order valence-electron chi connectivity index (χ3n) is 3.08. The Morgan fingerprint density at radius 2 is 2.33 bits per heavy atom. The summed E-state index contributed by atoms with van der Waals surface area (Å²) < 4.78 is 27.4. The number of sulfonamides is 1. The number of hydrogen-bond acceptors (Lipinski definition) is 5. The van der Waals surface area contributed by atoms with Crippen molar-refractivity contribution in [3.05, 3.63) is 12.4 Å². The average Bonchev–Trinajstić information content (AvgIpc) is 2.85. The Kier molecular flexibility index (Phi) is 6.59. The molecule has 2 heterocycles. The van der Waals surface area contributed by atoms with E-state index in [9.17, 15) is 13.2 Å². The van der Waals surface area contributed by atoms with Crippen LogP contribution in [-0.2, 0) is 21.9 Å². The number of nitrogens with zero attached hydrogens (tertiary/aromatic N) is 2. The lowest BCUT2D eigenvalue weighted by Gasteiger charge is -2.23. The van der Waals surface area contributed by atoms with Crippen molar-refractivity contribution in [2.45, 2.75) is 23.8 Å². The molecule has 10 heteroatoms. The van der Waals surface area contributed by atoms with E-state index < -0.39 is 10.0 Å². The van der Waals surface area contributed by atoms with Gasteiger partial charge >= 0.3 is 0 Å². The highest BCUT2D eigenvalue weighted by Gasteiger charge is 2.19. The molecule has 1 atom stereocenters. The zero-order valence-electron chi connectivity index (χ0n) is 11.7. The predicted molar refractivity (Wildman–Crippen MR) is 79.7 cm³/mol. The van der Waals surface area contributed by atoms with Crippen LogP contribution in [0, 0.1) is 0 Å². The molecule has 1 fully saturated rings. The van der Waals surface area contributed by atoms with Crippen LogP contribution in [0.25, 0.3) is 0 Å². The van der Waals surface area contributed by atoms with Crippen LogP contribution in [0.1, 0.15) is 12.8 Å². The molecule has 1 aliphatic rings. The minimum absolute atomic E-state index is 0. The summed E-state index contributed by atoms with van der Waals surface area (Å²) in [6.07, 6.45) is 4.54. The summed E-state index contributed by atoms with van der Waals surface area (Å²) in [5.74, 6) is -0.328. The molecule has 0 radical (unpaired) electrons. The molecule has 1 saturated heterocycles. The monoisotopic (exact) mass is 337 g/mol. The van der Waals surface area contributed by atoms with E-state index in [1.54, 1.807) is 7.05 Å². The van der Waals surface area contributed by atoms with Gasteiger partial charge in [0.05, 0.1) is 12.7 Å². The SMILES string of the molecule is Cl.Cn1cc(S(=O)(=O)NCC(=O)N[C@H]2CCCNC2)cn1. The van der Waals surface area contributed by atoms with Gasteiger partial charge in [-0.05, 0) is 19.4 Å². The highest BCUT2D eigenvalue weighted by atomic mass is 35.5. The topological polar surface area (TPSA) is 105 Å². The Balaban J connectivity index is 0.00000220. The van der Waals surface area contributed by atoms with Crippen molar-refractivity contribution in [3.8, 4) is 0 Å². The van der Waals surface area contributed by atoms with Crippen molar-refractivity contribution < 1.29 is 13.2 Å². The van der Waals surface area contributed by atoms with Crippen molar-refractivity contribution in [2.75, 3.05) is 19.6 Å². The molecule has 120 valence electrons. The molecular weight excluding hydrogens is 318 g/mol.